The average molecular weight is 559 g/mol. The van der Waals surface area contributed by atoms with Gasteiger partial charge in [0.2, 0.25) is 0 Å². The predicted molar refractivity (Wildman–Crippen MR) is 153 cm³/mol. The second kappa shape index (κ2) is 14.1. The summed E-state index contributed by atoms with van der Waals surface area (Å²) in [7, 11) is 1.93. The molecular formula is C29H40F2N6O3. The number of carbonyl (C=O) groups is 1. The Hall–Kier alpha value is -2.96. The number of nitrogens with one attached hydrogen (secondary N) is 1. The van der Waals surface area contributed by atoms with Crippen LogP contribution in [-0.2, 0) is 16.1 Å². The summed E-state index contributed by atoms with van der Waals surface area (Å²) in [6.07, 6.45) is 1.73. The van der Waals surface area contributed by atoms with Gasteiger partial charge in [-0.3, -0.25) is 19.6 Å². The minimum Gasteiger partial charge on any atom is -0.480 e. The summed E-state index contributed by atoms with van der Waals surface area (Å²) in [6, 6.07) is 8.47. The van der Waals surface area contributed by atoms with Crippen LogP contribution in [0.15, 0.2) is 35.3 Å². The summed E-state index contributed by atoms with van der Waals surface area (Å²) in [5, 5.41) is 12.6. The Kier molecular flexibility index (Phi) is 10.6. The molecule has 0 saturated carbocycles. The van der Waals surface area contributed by atoms with E-state index in [0.717, 1.165) is 31.6 Å². The van der Waals surface area contributed by atoms with E-state index in [1.54, 1.807) is 6.07 Å². The second-order valence-corrected chi connectivity index (χ2v) is 10.5. The highest BCUT2D eigenvalue weighted by atomic mass is 19.1. The average Bonchev–Trinajstić information content (AvgIpc) is 2.95. The van der Waals surface area contributed by atoms with E-state index in [2.05, 4.69) is 17.0 Å². The van der Waals surface area contributed by atoms with Gasteiger partial charge in [-0.1, -0.05) is 12.1 Å². The number of benzene rings is 2. The molecule has 0 radical (unpaired) electrons. The Morgan fingerprint density at radius 1 is 1.20 bits per heavy atom. The van der Waals surface area contributed by atoms with E-state index in [1.807, 2.05) is 33.9 Å². The molecule has 9 nitrogen and oxygen atoms in total. The highest BCUT2D eigenvalue weighted by molar-refractivity contribution is 5.86. The lowest BCUT2D eigenvalue weighted by Gasteiger charge is -2.35. The first-order valence-corrected chi connectivity index (χ1v) is 13.8. The van der Waals surface area contributed by atoms with Gasteiger partial charge in [0.25, 0.3) is 0 Å². The fraction of sp³-hybridized carbons (Fsp3) is 0.517. The van der Waals surface area contributed by atoms with Gasteiger partial charge in [0.1, 0.15) is 11.6 Å². The molecule has 0 aliphatic carbocycles. The molecule has 1 unspecified atom stereocenters. The van der Waals surface area contributed by atoms with E-state index in [9.17, 15) is 4.79 Å². The number of likely N-dealkylation sites (N-methyl/N-ethyl adjacent to an activating group) is 1. The maximum absolute atomic E-state index is 15.2. The van der Waals surface area contributed by atoms with Crippen molar-refractivity contribution in [3.05, 3.63) is 47.5 Å². The number of anilines is 1. The van der Waals surface area contributed by atoms with Crippen LogP contribution in [0.4, 0.5) is 20.2 Å². The molecule has 2 aromatic carbocycles. The number of hydrogen-bond acceptors (Lipinski definition) is 8. The van der Waals surface area contributed by atoms with Crippen LogP contribution in [0.1, 0.15) is 18.4 Å². The highest BCUT2D eigenvalue weighted by Crippen LogP contribution is 2.39. The van der Waals surface area contributed by atoms with Crippen molar-refractivity contribution < 1.29 is 23.4 Å². The van der Waals surface area contributed by atoms with Gasteiger partial charge in [0.05, 0.1) is 37.2 Å². The largest absolute Gasteiger partial charge is 0.480 e. The molecule has 0 spiro atoms. The molecule has 0 aromatic heterocycles. The number of para-hydroxylation sites is 1. The number of aliphatic carboxylic acids is 1. The molecule has 40 heavy (non-hydrogen) atoms. The van der Waals surface area contributed by atoms with Crippen LogP contribution >= 0.6 is 0 Å². The summed E-state index contributed by atoms with van der Waals surface area (Å²) >= 11 is 0. The third-order valence-corrected chi connectivity index (χ3v) is 7.90. The SMILES string of the molecule is C=Nc1c(-c2cc(F)c(CN3CCOCC3)c(F)c2)cccc1N(C)C(CN)CNC1CCN(CC(=O)O)CC1. The number of ether oxygens (including phenoxy) is 1. The van der Waals surface area contributed by atoms with Gasteiger partial charge in [0.15, 0.2) is 0 Å². The molecular weight excluding hydrogens is 518 g/mol. The number of carboxylic acids is 1. The van der Waals surface area contributed by atoms with Gasteiger partial charge in [0, 0.05) is 70.0 Å². The summed E-state index contributed by atoms with van der Waals surface area (Å²) in [6.45, 7) is 8.88. The van der Waals surface area contributed by atoms with Crippen molar-refractivity contribution >= 4 is 24.1 Å². The Morgan fingerprint density at radius 3 is 2.48 bits per heavy atom. The van der Waals surface area contributed by atoms with Crippen LogP contribution in [-0.4, -0.2) is 106 Å². The molecule has 2 heterocycles. The normalized spacial score (nSPS) is 18.0. The van der Waals surface area contributed by atoms with Crippen molar-refractivity contribution in [3.8, 4) is 11.1 Å². The number of nitrogens with two attached hydrogens (primary N) is 1. The second-order valence-electron chi connectivity index (χ2n) is 10.5. The summed E-state index contributed by atoms with van der Waals surface area (Å²) < 4.78 is 35.7. The summed E-state index contributed by atoms with van der Waals surface area (Å²) in [4.78, 5) is 21.2. The zero-order valence-corrected chi connectivity index (χ0v) is 23.1. The van der Waals surface area contributed by atoms with Crippen LogP contribution in [0.5, 0.6) is 0 Å². The monoisotopic (exact) mass is 558 g/mol. The maximum atomic E-state index is 15.2. The number of likely N-dealkylation sites (tertiary alicyclic amines) is 1. The number of carboxylic acid groups (broad SMARTS) is 1. The van der Waals surface area contributed by atoms with Gasteiger partial charge in [-0.05, 0) is 43.3 Å². The Labute approximate surface area is 234 Å². The number of aliphatic imine (C=N–C) groups is 1. The fourth-order valence-electron chi connectivity index (χ4n) is 5.47. The van der Waals surface area contributed by atoms with Gasteiger partial charge < -0.3 is 25.8 Å². The van der Waals surface area contributed by atoms with Gasteiger partial charge in [-0.15, -0.1) is 0 Å². The van der Waals surface area contributed by atoms with E-state index >= 15 is 8.78 Å². The van der Waals surface area contributed by atoms with Crippen LogP contribution in [0.25, 0.3) is 11.1 Å². The summed E-state index contributed by atoms with van der Waals surface area (Å²) in [5.41, 5.74) is 8.50. The third kappa shape index (κ3) is 7.41. The number of rotatable bonds is 12. The van der Waals surface area contributed by atoms with E-state index in [1.165, 1.54) is 12.1 Å². The van der Waals surface area contributed by atoms with Crippen molar-refractivity contribution in [2.75, 3.05) is 71.0 Å². The molecule has 2 aromatic rings. The molecule has 218 valence electrons. The number of nitrogens with zero attached hydrogens (tertiary/aromatic N) is 4. The van der Waals surface area contributed by atoms with Crippen molar-refractivity contribution in [1.29, 1.82) is 0 Å². The summed E-state index contributed by atoms with van der Waals surface area (Å²) in [5.74, 6) is -1.98. The number of morpholine rings is 1. The molecule has 11 heteroatoms. The van der Waals surface area contributed by atoms with E-state index in [0.29, 0.717) is 56.2 Å². The van der Waals surface area contributed by atoms with Crippen molar-refractivity contribution in [2.45, 2.75) is 31.5 Å². The van der Waals surface area contributed by atoms with Crippen LogP contribution in [0.3, 0.4) is 0 Å². The minimum absolute atomic E-state index is 0.0510. The first-order chi connectivity index (χ1) is 19.3. The zero-order valence-electron chi connectivity index (χ0n) is 23.1. The minimum atomic E-state index is -0.806. The quantitative estimate of drug-likeness (QED) is 0.342. The smallest absolute Gasteiger partial charge is 0.317 e. The molecule has 2 aliphatic rings. The van der Waals surface area contributed by atoms with Crippen LogP contribution in [0, 0.1) is 11.6 Å². The standard InChI is InChI=1S/C29H40F2N6O3/c1-33-29-23(20-14-25(30)24(26(31)15-20)18-37-10-12-40-13-11-37)4-3-5-27(29)35(2)22(16-32)17-34-21-6-8-36(9-7-21)19-28(38)39/h3-5,14-15,21-22,34H,1,6-13,16-19,32H2,2H3,(H,38,39). The lowest BCUT2D eigenvalue weighted by molar-refractivity contribution is -0.138. The van der Waals surface area contributed by atoms with E-state index < -0.39 is 17.6 Å². The maximum Gasteiger partial charge on any atom is 0.317 e. The van der Waals surface area contributed by atoms with Crippen LogP contribution in [0.2, 0.25) is 0 Å². The first-order valence-electron chi connectivity index (χ1n) is 13.8. The molecule has 1 atom stereocenters. The fourth-order valence-corrected chi connectivity index (χ4v) is 5.47. The Morgan fingerprint density at radius 2 is 1.88 bits per heavy atom. The number of halogens is 2. The molecule has 0 amide bonds. The molecule has 4 N–H and O–H groups in total. The van der Waals surface area contributed by atoms with Gasteiger partial charge >= 0.3 is 5.97 Å². The van der Waals surface area contributed by atoms with Crippen molar-refractivity contribution in [2.24, 2.45) is 10.7 Å². The third-order valence-electron chi connectivity index (χ3n) is 7.90. The topological polar surface area (TPSA) is 107 Å². The van der Waals surface area contributed by atoms with Crippen molar-refractivity contribution in [1.82, 2.24) is 15.1 Å². The highest BCUT2D eigenvalue weighted by Gasteiger charge is 2.24. The zero-order chi connectivity index (χ0) is 28.6. The molecule has 0 bridgehead atoms. The molecule has 4 rings (SSSR count). The van der Waals surface area contributed by atoms with Gasteiger partial charge in [-0.2, -0.15) is 0 Å². The van der Waals surface area contributed by atoms with Gasteiger partial charge in [-0.25, -0.2) is 8.78 Å². The number of hydrogen-bond donors (Lipinski definition) is 3. The lowest BCUT2D eigenvalue weighted by atomic mass is 9.99. The van der Waals surface area contributed by atoms with Crippen LogP contribution < -0.4 is 16.0 Å². The first kappa shape index (κ1) is 30.0. The molecule has 2 aliphatic heterocycles. The van der Waals surface area contributed by atoms with E-state index in [-0.39, 0.29) is 30.7 Å². The Balaban J connectivity index is 1.47. The molecule has 2 saturated heterocycles. The number of piperidine rings is 1. The van der Waals surface area contributed by atoms with Crippen molar-refractivity contribution in [3.63, 3.8) is 0 Å². The Bertz CT molecular complexity index is 1150. The lowest BCUT2D eigenvalue weighted by Crippen LogP contribution is -2.50. The predicted octanol–water partition coefficient (Wildman–Crippen LogP) is 2.70. The molecule has 2 fully saturated rings. The van der Waals surface area contributed by atoms with E-state index in [4.69, 9.17) is 15.6 Å².